The molecule has 0 bridgehead atoms. The van der Waals surface area contributed by atoms with Gasteiger partial charge in [-0.2, -0.15) is 0 Å². The van der Waals surface area contributed by atoms with E-state index in [1.165, 1.54) is 0 Å². The lowest BCUT2D eigenvalue weighted by molar-refractivity contribution is -0.209. The van der Waals surface area contributed by atoms with Crippen LogP contribution in [0.25, 0.3) is 0 Å². The number of carbonyl (C=O) groups excluding carboxylic acids is 2. The highest BCUT2D eigenvalue weighted by molar-refractivity contribution is 5.69. The zero-order chi connectivity index (χ0) is 13.5. The predicted octanol–water partition coefficient (Wildman–Crippen LogP) is 1.41. The van der Waals surface area contributed by atoms with Crippen molar-refractivity contribution >= 4 is 12.1 Å². The third-order valence-corrected chi connectivity index (χ3v) is 2.77. The summed E-state index contributed by atoms with van der Waals surface area (Å²) in [5.74, 6) is -0.214. The Kier molecular flexibility index (Phi) is 5.91. The van der Waals surface area contributed by atoms with Crippen molar-refractivity contribution in [2.45, 2.75) is 39.7 Å². The van der Waals surface area contributed by atoms with Gasteiger partial charge in [0.2, 0.25) is 0 Å². The second kappa shape index (κ2) is 7.20. The lowest BCUT2D eigenvalue weighted by Crippen LogP contribution is -2.54. The van der Waals surface area contributed by atoms with Crippen molar-refractivity contribution in [3.05, 3.63) is 0 Å². The van der Waals surface area contributed by atoms with Crippen molar-refractivity contribution in [3.8, 4) is 0 Å². The SMILES string of the molecule is CCCC(=O)ON1CCN(C(=O)OCC)CC1C. The molecule has 0 saturated carbocycles. The van der Waals surface area contributed by atoms with Gasteiger partial charge in [-0.05, 0) is 20.3 Å². The van der Waals surface area contributed by atoms with Crippen molar-refractivity contribution in [2.24, 2.45) is 0 Å². The van der Waals surface area contributed by atoms with Crippen molar-refractivity contribution < 1.29 is 19.2 Å². The van der Waals surface area contributed by atoms with E-state index >= 15 is 0 Å². The molecule has 0 aliphatic carbocycles. The van der Waals surface area contributed by atoms with Gasteiger partial charge in [0.15, 0.2) is 0 Å². The van der Waals surface area contributed by atoms with E-state index in [0.717, 1.165) is 6.42 Å². The fourth-order valence-corrected chi connectivity index (χ4v) is 1.84. The van der Waals surface area contributed by atoms with Gasteiger partial charge >= 0.3 is 12.1 Å². The fraction of sp³-hybridized carbons (Fsp3) is 0.833. The predicted molar refractivity (Wildman–Crippen MR) is 65.8 cm³/mol. The minimum atomic E-state index is -0.302. The van der Waals surface area contributed by atoms with Crippen LogP contribution in [-0.4, -0.2) is 54.3 Å². The van der Waals surface area contributed by atoms with Crippen LogP contribution < -0.4 is 0 Å². The Morgan fingerprint density at radius 3 is 2.56 bits per heavy atom. The van der Waals surface area contributed by atoms with Gasteiger partial charge in [0.25, 0.3) is 0 Å². The van der Waals surface area contributed by atoms with E-state index in [1.54, 1.807) is 16.9 Å². The summed E-state index contributed by atoms with van der Waals surface area (Å²) in [4.78, 5) is 29.8. The third-order valence-electron chi connectivity index (χ3n) is 2.77. The van der Waals surface area contributed by atoms with Gasteiger partial charge in [-0.3, -0.25) is 4.79 Å². The molecule has 1 heterocycles. The average molecular weight is 258 g/mol. The van der Waals surface area contributed by atoms with Crippen LogP contribution in [0.1, 0.15) is 33.6 Å². The number of piperazine rings is 1. The Bertz CT molecular complexity index is 296. The van der Waals surface area contributed by atoms with E-state index in [9.17, 15) is 9.59 Å². The number of amides is 1. The van der Waals surface area contributed by atoms with E-state index in [1.807, 2.05) is 13.8 Å². The van der Waals surface area contributed by atoms with Crippen molar-refractivity contribution in [1.82, 2.24) is 9.96 Å². The van der Waals surface area contributed by atoms with E-state index in [-0.39, 0.29) is 18.1 Å². The normalized spacial score (nSPS) is 20.6. The molecule has 0 aromatic rings. The zero-order valence-corrected chi connectivity index (χ0v) is 11.3. The second-order valence-corrected chi connectivity index (χ2v) is 4.35. The van der Waals surface area contributed by atoms with Gasteiger partial charge in [0.1, 0.15) is 0 Å². The second-order valence-electron chi connectivity index (χ2n) is 4.35. The molecule has 0 N–H and O–H groups in total. The van der Waals surface area contributed by atoms with Crippen molar-refractivity contribution in [3.63, 3.8) is 0 Å². The quantitative estimate of drug-likeness (QED) is 0.763. The van der Waals surface area contributed by atoms with E-state index in [4.69, 9.17) is 9.57 Å². The Hall–Kier alpha value is -1.30. The summed E-state index contributed by atoms with van der Waals surface area (Å²) < 4.78 is 4.95. The number of rotatable bonds is 4. The molecule has 6 nitrogen and oxygen atoms in total. The molecule has 1 atom stereocenters. The van der Waals surface area contributed by atoms with Crippen LogP contribution in [0.15, 0.2) is 0 Å². The summed E-state index contributed by atoms with van der Waals surface area (Å²) in [5.41, 5.74) is 0. The summed E-state index contributed by atoms with van der Waals surface area (Å²) in [6.07, 6.45) is 0.893. The van der Waals surface area contributed by atoms with Crippen LogP contribution in [0, 0.1) is 0 Å². The highest BCUT2D eigenvalue weighted by atomic mass is 16.7. The standard InChI is InChI=1S/C12H22N2O4/c1-4-6-11(15)18-14-8-7-13(9-10(14)3)12(16)17-5-2/h10H,4-9H2,1-3H3. The monoisotopic (exact) mass is 258 g/mol. The summed E-state index contributed by atoms with van der Waals surface area (Å²) >= 11 is 0. The van der Waals surface area contributed by atoms with Gasteiger partial charge in [-0.15, -0.1) is 5.06 Å². The van der Waals surface area contributed by atoms with Gasteiger partial charge < -0.3 is 14.5 Å². The average Bonchev–Trinajstić information content (AvgIpc) is 2.32. The van der Waals surface area contributed by atoms with Gasteiger partial charge in [-0.1, -0.05) is 6.92 Å². The minimum absolute atomic E-state index is 0.0102. The number of carbonyl (C=O) groups is 2. The van der Waals surface area contributed by atoms with Gasteiger partial charge in [0.05, 0.1) is 19.2 Å². The van der Waals surface area contributed by atoms with Crippen LogP contribution in [-0.2, 0) is 14.4 Å². The maximum absolute atomic E-state index is 11.6. The number of hydrogen-bond donors (Lipinski definition) is 0. The molecule has 1 aliphatic rings. The third kappa shape index (κ3) is 4.18. The van der Waals surface area contributed by atoms with Crippen LogP contribution in [0.4, 0.5) is 4.79 Å². The minimum Gasteiger partial charge on any atom is -0.450 e. The first-order valence-electron chi connectivity index (χ1n) is 6.47. The summed E-state index contributed by atoms with van der Waals surface area (Å²) in [6.45, 7) is 7.56. The number of nitrogens with zero attached hydrogens (tertiary/aromatic N) is 2. The lowest BCUT2D eigenvalue weighted by Gasteiger charge is -2.37. The lowest BCUT2D eigenvalue weighted by atomic mass is 10.2. The van der Waals surface area contributed by atoms with Gasteiger partial charge in [0, 0.05) is 19.5 Å². The van der Waals surface area contributed by atoms with E-state index in [2.05, 4.69) is 0 Å². The first-order valence-corrected chi connectivity index (χ1v) is 6.47. The molecule has 1 rings (SSSR count). The van der Waals surface area contributed by atoms with Crippen LogP contribution in [0.5, 0.6) is 0 Å². The molecule has 6 heteroatoms. The van der Waals surface area contributed by atoms with Gasteiger partial charge in [-0.25, -0.2) is 4.79 Å². The number of ether oxygens (including phenoxy) is 1. The van der Waals surface area contributed by atoms with Crippen LogP contribution in [0.3, 0.4) is 0 Å². The maximum Gasteiger partial charge on any atom is 0.409 e. The van der Waals surface area contributed by atoms with Crippen molar-refractivity contribution in [1.29, 1.82) is 0 Å². The summed E-state index contributed by atoms with van der Waals surface area (Å²) in [6, 6.07) is -0.0102. The number of hydroxylamine groups is 2. The molecular formula is C12H22N2O4. The molecule has 104 valence electrons. The molecule has 1 amide bonds. The first-order chi connectivity index (χ1) is 8.58. The molecule has 0 aromatic heterocycles. The molecule has 1 aliphatic heterocycles. The topological polar surface area (TPSA) is 59.1 Å². The molecule has 1 saturated heterocycles. The highest BCUT2D eigenvalue weighted by Gasteiger charge is 2.29. The smallest absolute Gasteiger partial charge is 0.409 e. The molecule has 0 spiro atoms. The zero-order valence-electron chi connectivity index (χ0n) is 11.3. The molecule has 0 radical (unpaired) electrons. The molecule has 18 heavy (non-hydrogen) atoms. The Labute approximate surface area is 108 Å². The fourth-order valence-electron chi connectivity index (χ4n) is 1.84. The first kappa shape index (κ1) is 14.8. The Morgan fingerprint density at radius 2 is 2.00 bits per heavy atom. The summed E-state index contributed by atoms with van der Waals surface area (Å²) in [5, 5.41) is 1.65. The largest absolute Gasteiger partial charge is 0.450 e. The summed E-state index contributed by atoms with van der Waals surface area (Å²) in [7, 11) is 0. The van der Waals surface area contributed by atoms with Crippen molar-refractivity contribution in [2.75, 3.05) is 26.2 Å². The van der Waals surface area contributed by atoms with Crippen LogP contribution in [0.2, 0.25) is 0 Å². The Morgan fingerprint density at radius 1 is 1.28 bits per heavy atom. The molecule has 1 unspecified atom stereocenters. The van der Waals surface area contributed by atoms with E-state index < -0.39 is 0 Å². The Balaban J connectivity index is 2.41. The van der Waals surface area contributed by atoms with Crippen LogP contribution >= 0.6 is 0 Å². The molecule has 0 aromatic carbocycles. The maximum atomic E-state index is 11.6. The molecular weight excluding hydrogens is 236 g/mol. The number of hydrogen-bond acceptors (Lipinski definition) is 5. The highest BCUT2D eigenvalue weighted by Crippen LogP contribution is 2.12. The van der Waals surface area contributed by atoms with E-state index in [0.29, 0.717) is 32.7 Å². The molecule has 1 fully saturated rings.